The number of halogens is 2. The molecule has 0 aliphatic carbocycles. The van der Waals surface area contributed by atoms with E-state index in [1.807, 2.05) is 24.0 Å². The van der Waals surface area contributed by atoms with E-state index in [1.54, 1.807) is 12.0 Å². The Hall–Kier alpha value is -2.91. The highest BCUT2D eigenvalue weighted by molar-refractivity contribution is 5.96. The first kappa shape index (κ1) is 25.2. The smallest absolute Gasteiger partial charge is 0.256 e. The van der Waals surface area contributed by atoms with Crippen molar-refractivity contribution in [1.29, 1.82) is 0 Å². The number of piperidine rings is 1. The van der Waals surface area contributed by atoms with Crippen LogP contribution < -0.4 is 0 Å². The molecule has 2 fully saturated rings. The summed E-state index contributed by atoms with van der Waals surface area (Å²) in [4.78, 5) is 36.7. The molecule has 4 rings (SSSR count). The topological polar surface area (TPSA) is 66.0 Å². The van der Waals surface area contributed by atoms with Crippen molar-refractivity contribution in [3.63, 3.8) is 0 Å². The zero-order valence-electron chi connectivity index (χ0n) is 20.3. The average molecular weight is 487 g/mol. The van der Waals surface area contributed by atoms with Crippen LogP contribution in [0.1, 0.15) is 50.9 Å². The van der Waals surface area contributed by atoms with Gasteiger partial charge in [0.2, 0.25) is 0 Å². The molecule has 0 spiro atoms. The maximum Gasteiger partial charge on any atom is 0.256 e. The van der Waals surface area contributed by atoms with E-state index in [1.165, 1.54) is 6.07 Å². The SMILES string of the molecule is COCCN1CCN(C(=O)c2ccc(C)nc2C2CCN(C(=O)c3ccc(F)cc3F)CC2)CC1. The number of likely N-dealkylation sites (tertiary alicyclic amines) is 1. The number of amides is 2. The molecule has 0 saturated carbocycles. The van der Waals surface area contributed by atoms with Crippen molar-refractivity contribution >= 4 is 11.8 Å². The third-order valence-electron chi connectivity index (χ3n) is 6.90. The van der Waals surface area contributed by atoms with Gasteiger partial charge in [0, 0.05) is 70.6 Å². The summed E-state index contributed by atoms with van der Waals surface area (Å²) < 4.78 is 32.5. The van der Waals surface area contributed by atoms with Gasteiger partial charge in [0.25, 0.3) is 11.8 Å². The zero-order chi connectivity index (χ0) is 24.9. The molecule has 2 aliphatic rings. The molecule has 9 heteroatoms. The van der Waals surface area contributed by atoms with E-state index in [0.29, 0.717) is 51.2 Å². The second-order valence-electron chi connectivity index (χ2n) is 9.20. The van der Waals surface area contributed by atoms with Gasteiger partial charge < -0.3 is 14.5 Å². The van der Waals surface area contributed by atoms with Crippen LogP contribution in [0.2, 0.25) is 0 Å². The van der Waals surface area contributed by atoms with Gasteiger partial charge in [-0.05, 0) is 44.0 Å². The number of piperazine rings is 1. The monoisotopic (exact) mass is 486 g/mol. The van der Waals surface area contributed by atoms with Gasteiger partial charge in [-0.15, -0.1) is 0 Å². The number of nitrogens with zero attached hydrogens (tertiary/aromatic N) is 4. The number of aromatic nitrogens is 1. The Bertz CT molecular complexity index is 1060. The van der Waals surface area contributed by atoms with E-state index in [4.69, 9.17) is 9.72 Å². The molecule has 188 valence electrons. The zero-order valence-corrected chi connectivity index (χ0v) is 20.3. The molecular weight excluding hydrogens is 454 g/mol. The highest BCUT2D eigenvalue weighted by Gasteiger charge is 2.31. The molecule has 1 aromatic heterocycles. The van der Waals surface area contributed by atoms with Gasteiger partial charge in [0.15, 0.2) is 0 Å². The molecule has 2 saturated heterocycles. The molecule has 0 unspecified atom stereocenters. The van der Waals surface area contributed by atoms with Crippen LogP contribution in [-0.2, 0) is 4.74 Å². The summed E-state index contributed by atoms with van der Waals surface area (Å²) in [6.07, 6.45) is 1.24. The third kappa shape index (κ3) is 5.85. The lowest BCUT2D eigenvalue weighted by molar-refractivity contribution is 0.0588. The highest BCUT2D eigenvalue weighted by Crippen LogP contribution is 2.31. The van der Waals surface area contributed by atoms with Crippen LogP contribution in [0.4, 0.5) is 8.78 Å². The van der Waals surface area contributed by atoms with Crippen molar-refractivity contribution in [2.75, 3.05) is 59.5 Å². The lowest BCUT2D eigenvalue weighted by Gasteiger charge is -2.36. The van der Waals surface area contributed by atoms with Crippen molar-refractivity contribution in [3.05, 3.63) is 64.5 Å². The van der Waals surface area contributed by atoms with E-state index < -0.39 is 17.5 Å². The number of hydrogen-bond donors (Lipinski definition) is 0. The van der Waals surface area contributed by atoms with E-state index in [2.05, 4.69) is 4.90 Å². The molecular formula is C26H32F2N4O3. The summed E-state index contributed by atoms with van der Waals surface area (Å²) in [5.41, 5.74) is 2.11. The fraction of sp³-hybridized carbons (Fsp3) is 0.500. The Morgan fingerprint density at radius 1 is 0.943 bits per heavy atom. The largest absolute Gasteiger partial charge is 0.383 e. The minimum atomic E-state index is -0.854. The Balaban J connectivity index is 1.42. The summed E-state index contributed by atoms with van der Waals surface area (Å²) in [5, 5.41) is 0. The lowest BCUT2D eigenvalue weighted by Crippen LogP contribution is -2.49. The van der Waals surface area contributed by atoms with Gasteiger partial charge in [-0.3, -0.25) is 19.5 Å². The fourth-order valence-corrected chi connectivity index (χ4v) is 4.82. The van der Waals surface area contributed by atoms with Crippen LogP contribution in [-0.4, -0.2) is 91.0 Å². The van der Waals surface area contributed by atoms with Crippen LogP contribution in [0.25, 0.3) is 0 Å². The number of hydrogen-bond acceptors (Lipinski definition) is 5. The number of benzene rings is 1. The van der Waals surface area contributed by atoms with Crippen molar-refractivity contribution in [2.45, 2.75) is 25.7 Å². The number of methoxy groups -OCH3 is 1. The van der Waals surface area contributed by atoms with Crippen LogP contribution in [0, 0.1) is 18.6 Å². The van der Waals surface area contributed by atoms with Crippen LogP contribution in [0.15, 0.2) is 30.3 Å². The number of aryl methyl sites for hydroxylation is 1. The summed E-state index contributed by atoms with van der Waals surface area (Å²) in [5.74, 6) is -1.99. The van der Waals surface area contributed by atoms with E-state index in [-0.39, 0.29) is 17.4 Å². The number of carbonyl (C=O) groups is 2. The summed E-state index contributed by atoms with van der Waals surface area (Å²) in [7, 11) is 1.69. The molecule has 3 heterocycles. The molecule has 0 radical (unpaired) electrons. The first-order valence-electron chi connectivity index (χ1n) is 12.1. The number of carbonyl (C=O) groups excluding carboxylic acids is 2. The minimum Gasteiger partial charge on any atom is -0.383 e. The number of pyridine rings is 1. The number of ether oxygens (including phenoxy) is 1. The summed E-state index contributed by atoms with van der Waals surface area (Å²) in [6, 6.07) is 6.73. The predicted molar refractivity (Wildman–Crippen MR) is 127 cm³/mol. The lowest BCUT2D eigenvalue weighted by atomic mass is 9.89. The Morgan fingerprint density at radius 2 is 1.57 bits per heavy atom. The Labute approximate surface area is 204 Å². The van der Waals surface area contributed by atoms with Crippen LogP contribution in [0.3, 0.4) is 0 Å². The van der Waals surface area contributed by atoms with Gasteiger partial charge in [0.1, 0.15) is 11.6 Å². The standard InChI is InChI=1S/C26H32F2N4O3/c1-18-3-5-22(26(34)32-13-11-30(12-14-32)15-16-35-2)24(29-18)19-7-9-31(10-8-19)25(33)21-6-4-20(27)17-23(21)28/h3-6,17,19H,7-16H2,1-2H3. The van der Waals surface area contributed by atoms with Crippen LogP contribution in [0.5, 0.6) is 0 Å². The maximum absolute atomic E-state index is 14.1. The van der Waals surface area contributed by atoms with Gasteiger partial charge in [-0.25, -0.2) is 8.78 Å². The minimum absolute atomic E-state index is 0.00854. The van der Waals surface area contributed by atoms with E-state index in [0.717, 1.165) is 43.2 Å². The Kier molecular flexibility index (Phi) is 8.07. The van der Waals surface area contributed by atoms with E-state index >= 15 is 0 Å². The van der Waals surface area contributed by atoms with Crippen molar-refractivity contribution in [3.8, 4) is 0 Å². The van der Waals surface area contributed by atoms with Gasteiger partial charge in [0.05, 0.1) is 23.4 Å². The van der Waals surface area contributed by atoms with Crippen molar-refractivity contribution in [1.82, 2.24) is 19.7 Å². The fourth-order valence-electron chi connectivity index (χ4n) is 4.82. The molecule has 35 heavy (non-hydrogen) atoms. The van der Waals surface area contributed by atoms with Gasteiger partial charge in [-0.2, -0.15) is 0 Å². The third-order valence-corrected chi connectivity index (χ3v) is 6.90. The molecule has 7 nitrogen and oxygen atoms in total. The normalized spacial score (nSPS) is 17.6. The van der Waals surface area contributed by atoms with Crippen LogP contribution >= 0.6 is 0 Å². The first-order valence-corrected chi connectivity index (χ1v) is 12.1. The highest BCUT2D eigenvalue weighted by atomic mass is 19.1. The average Bonchev–Trinajstić information content (AvgIpc) is 2.87. The van der Waals surface area contributed by atoms with Gasteiger partial charge >= 0.3 is 0 Å². The van der Waals surface area contributed by atoms with Crippen molar-refractivity contribution < 1.29 is 23.1 Å². The maximum atomic E-state index is 14.1. The quantitative estimate of drug-likeness (QED) is 0.628. The predicted octanol–water partition coefficient (Wildman–Crippen LogP) is 3.09. The molecule has 0 atom stereocenters. The molecule has 2 amide bonds. The molecule has 1 aromatic carbocycles. The number of rotatable bonds is 6. The van der Waals surface area contributed by atoms with E-state index in [9.17, 15) is 18.4 Å². The molecule has 2 aliphatic heterocycles. The first-order chi connectivity index (χ1) is 16.9. The summed E-state index contributed by atoms with van der Waals surface area (Å²) >= 11 is 0. The molecule has 0 bridgehead atoms. The second kappa shape index (κ2) is 11.2. The summed E-state index contributed by atoms with van der Waals surface area (Å²) in [6.45, 7) is 7.21. The molecule has 2 aromatic rings. The van der Waals surface area contributed by atoms with Crippen molar-refractivity contribution in [2.24, 2.45) is 0 Å². The second-order valence-corrected chi connectivity index (χ2v) is 9.20. The molecule has 0 N–H and O–H groups in total. The Morgan fingerprint density at radius 3 is 2.23 bits per heavy atom. The van der Waals surface area contributed by atoms with Gasteiger partial charge in [-0.1, -0.05) is 0 Å².